The predicted molar refractivity (Wildman–Crippen MR) is 133 cm³/mol. The number of hydrogen-bond acceptors (Lipinski definition) is 6. The number of nitrogens with one attached hydrogen (secondary N) is 1. The summed E-state index contributed by atoms with van der Waals surface area (Å²) >= 11 is 0. The molecule has 7 nitrogen and oxygen atoms in total. The van der Waals surface area contributed by atoms with Gasteiger partial charge in [-0.05, 0) is 53.9 Å². The first kappa shape index (κ1) is 23.1. The van der Waals surface area contributed by atoms with Crippen molar-refractivity contribution in [2.45, 2.75) is 12.5 Å². The Morgan fingerprint density at radius 3 is 2.37 bits per heavy atom. The van der Waals surface area contributed by atoms with Gasteiger partial charge in [0.15, 0.2) is 5.58 Å². The quantitative estimate of drug-likeness (QED) is 0.405. The van der Waals surface area contributed by atoms with E-state index in [1.807, 2.05) is 12.1 Å². The van der Waals surface area contributed by atoms with Gasteiger partial charge in [0.05, 0.1) is 5.52 Å². The average Bonchev–Trinajstić information content (AvgIpc) is 3.24. The molecule has 0 amide bonds. The lowest BCUT2D eigenvalue weighted by atomic mass is 10.0. The Balaban J connectivity index is 1.07. The van der Waals surface area contributed by atoms with Gasteiger partial charge < -0.3 is 19.2 Å². The van der Waals surface area contributed by atoms with E-state index in [0.717, 1.165) is 38.2 Å². The van der Waals surface area contributed by atoms with Gasteiger partial charge in [0.25, 0.3) is 0 Å². The van der Waals surface area contributed by atoms with Gasteiger partial charge in [-0.2, -0.15) is 0 Å². The molecule has 5 rings (SSSR count). The number of nitrogens with zero attached hydrogens (tertiary/aromatic N) is 2. The Kier molecular flexibility index (Phi) is 6.83. The number of aromatic nitrogens is 1. The highest BCUT2D eigenvalue weighted by Crippen LogP contribution is 2.20. The molecule has 182 valence electrons. The molecule has 0 saturated carbocycles. The second-order valence-corrected chi connectivity index (χ2v) is 8.89. The molecule has 0 bridgehead atoms. The second-order valence-electron chi connectivity index (χ2n) is 8.89. The molecule has 2 heterocycles. The first-order valence-corrected chi connectivity index (χ1v) is 11.8. The van der Waals surface area contributed by atoms with Crippen molar-refractivity contribution in [3.05, 3.63) is 94.2 Å². The van der Waals surface area contributed by atoms with Crippen LogP contribution >= 0.6 is 0 Å². The van der Waals surface area contributed by atoms with Gasteiger partial charge in [-0.15, -0.1) is 0 Å². The van der Waals surface area contributed by atoms with E-state index in [1.54, 1.807) is 18.2 Å². The number of hydrogen-bond donors (Lipinski definition) is 2. The number of oxazole rings is 1. The van der Waals surface area contributed by atoms with Crippen LogP contribution in [0.4, 0.5) is 10.1 Å². The molecule has 1 fully saturated rings. The number of fused-ring (bicyclic) bond motifs is 1. The highest BCUT2D eigenvalue weighted by Gasteiger charge is 2.20. The number of aromatic amines is 1. The smallest absolute Gasteiger partial charge is 0.417 e. The van der Waals surface area contributed by atoms with Gasteiger partial charge in [0.1, 0.15) is 24.3 Å². The molecule has 1 aliphatic heterocycles. The van der Waals surface area contributed by atoms with E-state index in [2.05, 4.69) is 39.0 Å². The monoisotopic (exact) mass is 477 g/mol. The van der Waals surface area contributed by atoms with Crippen LogP contribution in [0.25, 0.3) is 11.1 Å². The lowest BCUT2D eigenvalue weighted by Gasteiger charge is -2.37. The van der Waals surface area contributed by atoms with Crippen LogP contribution in [0.1, 0.15) is 11.1 Å². The molecule has 1 aromatic heterocycles. The van der Waals surface area contributed by atoms with Crippen molar-refractivity contribution in [3.63, 3.8) is 0 Å². The number of anilines is 1. The molecule has 1 aliphatic rings. The van der Waals surface area contributed by atoms with Gasteiger partial charge in [0, 0.05) is 44.5 Å². The van der Waals surface area contributed by atoms with Gasteiger partial charge in [-0.25, -0.2) is 9.18 Å². The van der Waals surface area contributed by atoms with Crippen LogP contribution in [0.5, 0.6) is 5.75 Å². The minimum Gasteiger partial charge on any atom is -0.491 e. The maximum absolute atomic E-state index is 13.1. The fourth-order valence-corrected chi connectivity index (χ4v) is 4.41. The molecule has 8 heteroatoms. The van der Waals surface area contributed by atoms with Crippen LogP contribution in [0.3, 0.4) is 0 Å². The molecular weight excluding hydrogens is 449 g/mol. The Labute approximate surface area is 202 Å². The number of benzene rings is 3. The van der Waals surface area contributed by atoms with Gasteiger partial charge >= 0.3 is 5.76 Å². The number of β-amino-alcohol motifs (C(OH)–C–C–N with tert-alkyl or cyclic N) is 1. The van der Waals surface area contributed by atoms with E-state index >= 15 is 0 Å². The highest BCUT2D eigenvalue weighted by molar-refractivity contribution is 5.73. The SMILES string of the molecule is O=c1[nH]c2ccc(OC[C@@H](O)CN3CCN(c4ccc(Cc5ccc(F)cc5)cc4)CC3)cc2o1. The summed E-state index contributed by atoms with van der Waals surface area (Å²) in [6.45, 7) is 4.17. The number of H-pyrrole nitrogens is 1. The van der Waals surface area contributed by atoms with Crippen LogP contribution in [0.15, 0.2) is 75.9 Å². The molecule has 4 aromatic rings. The summed E-state index contributed by atoms with van der Waals surface area (Å²) < 4.78 is 23.8. The van der Waals surface area contributed by atoms with E-state index in [4.69, 9.17) is 9.15 Å². The average molecular weight is 478 g/mol. The van der Waals surface area contributed by atoms with E-state index < -0.39 is 11.9 Å². The minimum absolute atomic E-state index is 0.163. The number of rotatable bonds is 8. The van der Waals surface area contributed by atoms with Crippen molar-refractivity contribution < 1.29 is 18.7 Å². The Hall–Kier alpha value is -3.62. The lowest BCUT2D eigenvalue weighted by Crippen LogP contribution is -2.49. The third-order valence-electron chi connectivity index (χ3n) is 6.30. The zero-order valence-corrected chi connectivity index (χ0v) is 19.3. The lowest BCUT2D eigenvalue weighted by molar-refractivity contribution is 0.0663. The first-order chi connectivity index (χ1) is 17.0. The van der Waals surface area contributed by atoms with Crippen LogP contribution in [-0.2, 0) is 6.42 Å². The number of ether oxygens (including phenoxy) is 1. The third kappa shape index (κ3) is 5.90. The maximum atomic E-state index is 13.1. The number of aliphatic hydroxyl groups excluding tert-OH is 1. The molecule has 0 unspecified atom stereocenters. The number of piperazine rings is 1. The molecule has 3 aromatic carbocycles. The third-order valence-corrected chi connectivity index (χ3v) is 6.30. The summed E-state index contributed by atoms with van der Waals surface area (Å²) in [7, 11) is 0. The number of halogens is 1. The van der Waals surface area contributed by atoms with Gasteiger partial charge in [0.2, 0.25) is 0 Å². The summed E-state index contributed by atoms with van der Waals surface area (Å²) in [4.78, 5) is 18.4. The summed E-state index contributed by atoms with van der Waals surface area (Å²) in [5.74, 6) is -0.168. The van der Waals surface area contributed by atoms with Crippen LogP contribution < -0.4 is 15.4 Å². The highest BCUT2D eigenvalue weighted by atomic mass is 19.1. The fourth-order valence-electron chi connectivity index (χ4n) is 4.41. The standard InChI is InChI=1S/C27H28FN3O4/c28-21-5-1-19(2-6-21)15-20-3-7-22(8-4-20)31-13-11-30(12-14-31)17-23(32)18-34-24-9-10-25-26(16-24)35-27(33)29-25/h1-10,16,23,32H,11-15,17-18H2,(H,29,33)/t23-/m0/s1. The molecule has 0 spiro atoms. The minimum atomic E-state index is -0.624. The molecule has 1 atom stereocenters. The second kappa shape index (κ2) is 10.3. The van der Waals surface area contributed by atoms with Crippen molar-refractivity contribution in [1.29, 1.82) is 0 Å². The molecule has 0 radical (unpaired) electrons. The molecule has 0 aliphatic carbocycles. The fraction of sp³-hybridized carbons (Fsp3) is 0.296. The Morgan fingerprint density at radius 2 is 1.66 bits per heavy atom. The van der Waals surface area contributed by atoms with Gasteiger partial charge in [-0.3, -0.25) is 9.88 Å². The first-order valence-electron chi connectivity index (χ1n) is 11.8. The Morgan fingerprint density at radius 1 is 0.971 bits per heavy atom. The van der Waals surface area contributed by atoms with Crippen LogP contribution in [0, 0.1) is 5.82 Å². The van der Waals surface area contributed by atoms with Crippen molar-refractivity contribution in [3.8, 4) is 5.75 Å². The normalized spacial score (nSPS) is 15.4. The summed E-state index contributed by atoms with van der Waals surface area (Å²) in [6.07, 6.45) is 0.156. The topological polar surface area (TPSA) is 81.9 Å². The molecule has 1 saturated heterocycles. The zero-order valence-electron chi connectivity index (χ0n) is 19.3. The zero-order chi connectivity index (χ0) is 24.2. The largest absolute Gasteiger partial charge is 0.491 e. The predicted octanol–water partition coefficient (Wildman–Crippen LogP) is 3.41. The van der Waals surface area contributed by atoms with Crippen molar-refractivity contribution in [2.75, 3.05) is 44.2 Å². The maximum Gasteiger partial charge on any atom is 0.417 e. The van der Waals surface area contributed by atoms with Gasteiger partial charge in [-0.1, -0.05) is 24.3 Å². The summed E-state index contributed by atoms with van der Waals surface area (Å²) in [5.41, 5.74) is 4.51. The van der Waals surface area contributed by atoms with Crippen molar-refractivity contribution >= 4 is 16.8 Å². The van der Waals surface area contributed by atoms with Crippen molar-refractivity contribution in [1.82, 2.24) is 9.88 Å². The van der Waals surface area contributed by atoms with Crippen LogP contribution in [-0.4, -0.2) is 60.4 Å². The summed E-state index contributed by atoms with van der Waals surface area (Å²) in [5, 5.41) is 10.4. The van der Waals surface area contributed by atoms with E-state index in [1.165, 1.54) is 23.4 Å². The molecule has 35 heavy (non-hydrogen) atoms. The molecular formula is C27H28FN3O4. The van der Waals surface area contributed by atoms with E-state index in [-0.39, 0.29) is 12.4 Å². The summed E-state index contributed by atoms with van der Waals surface area (Å²) in [6, 6.07) is 20.3. The number of aliphatic hydroxyl groups is 1. The molecule has 2 N–H and O–H groups in total. The van der Waals surface area contributed by atoms with E-state index in [9.17, 15) is 14.3 Å². The van der Waals surface area contributed by atoms with E-state index in [0.29, 0.717) is 23.4 Å². The van der Waals surface area contributed by atoms with Crippen LogP contribution in [0.2, 0.25) is 0 Å². The Bertz CT molecular complexity index is 1310. The van der Waals surface area contributed by atoms with Crippen molar-refractivity contribution in [2.24, 2.45) is 0 Å².